The number of nitrogens with zero attached hydrogens (tertiary/aromatic N) is 4. The van der Waals surface area contributed by atoms with Gasteiger partial charge in [0.25, 0.3) is 0 Å². The van der Waals surface area contributed by atoms with Crippen molar-refractivity contribution in [1.29, 1.82) is 0 Å². The third-order valence-corrected chi connectivity index (χ3v) is 3.41. The van der Waals surface area contributed by atoms with Gasteiger partial charge in [-0.3, -0.25) is 9.98 Å². The van der Waals surface area contributed by atoms with E-state index in [-0.39, 0.29) is 5.82 Å². The topological polar surface area (TPSA) is 77.0 Å². The van der Waals surface area contributed by atoms with Crippen LogP contribution in [0.15, 0.2) is 65.6 Å². The van der Waals surface area contributed by atoms with Gasteiger partial charge in [-0.1, -0.05) is 6.08 Å². The molecule has 0 aliphatic carbocycles. The minimum Gasteiger partial charge on any atom is -0.333 e. The molecule has 0 fully saturated rings. The Hall–Kier alpha value is -3.25. The van der Waals surface area contributed by atoms with Gasteiger partial charge < -0.3 is 5.73 Å². The van der Waals surface area contributed by atoms with E-state index in [9.17, 15) is 4.39 Å². The lowest BCUT2D eigenvalue weighted by Gasteiger charge is -2.06. The number of hydrogen-bond donors (Lipinski definition) is 1. The van der Waals surface area contributed by atoms with E-state index < -0.39 is 0 Å². The number of rotatable bonds is 4. The van der Waals surface area contributed by atoms with Crippen molar-refractivity contribution < 1.29 is 4.39 Å². The van der Waals surface area contributed by atoms with Crippen LogP contribution in [0.1, 0.15) is 12.6 Å². The summed E-state index contributed by atoms with van der Waals surface area (Å²) in [7, 11) is 1.50. The molecule has 2 N–H and O–H groups in total. The molecule has 0 aliphatic heterocycles. The highest BCUT2D eigenvalue weighted by atomic mass is 19.1. The van der Waals surface area contributed by atoms with E-state index in [0.29, 0.717) is 22.4 Å². The zero-order valence-electron chi connectivity index (χ0n) is 14.7. The summed E-state index contributed by atoms with van der Waals surface area (Å²) in [4.78, 5) is 16.9. The third-order valence-electron chi connectivity index (χ3n) is 3.41. The molecule has 0 radical (unpaired) electrons. The second-order valence-electron chi connectivity index (χ2n) is 5.22. The molecule has 3 rings (SSSR count). The van der Waals surface area contributed by atoms with E-state index in [4.69, 9.17) is 0 Å². The lowest BCUT2D eigenvalue weighted by Crippen LogP contribution is -1.95. The van der Waals surface area contributed by atoms with Crippen LogP contribution in [0.5, 0.6) is 0 Å². The number of halogens is 1. The Labute approximate surface area is 151 Å². The van der Waals surface area contributed by atoms with Crippen LogP contribution in [0.2, 0.25) is 0 Å². The number of hydrogen-bond acceptors (Lipinski definition) is 5. The van der Waals surface area contributed by atoms with E-state index in [1.165, 1.54) is 19.2 Å². The monoisotopic (exact) mass is 349 g/mol. The van der Waals surface area contributed by atoms with Gasteiger partial charge in [-0.2, -0.15) is 0 Å². The molecule has 0 bridgehead atoms. The van der Waals surface area contributed by atoms with Gasteiger partial charge in [-0.15, -0.1) is 0 Å². The van der Waals surface area contributed by atoms with Crippen molar-refractivity contribution >= 4 is 23.7 Å². The first-order chi connectivity index (χ1) is 12.7. The summed E-state index contributed by atoms with van der Waals surface area (Å²) in [6, 6.07) is 8.19. The Bertz CT molecular complexity index is 949. The lowest BCUT2D eigenvalue weighted by atomic mass is 10.1. The SMILES string of the molecule is C=N/C=C(C)\C=C/c1nc(-c2cccnc2)nc2ccc(F)cc12.CN. The highest BCUT2D eigenvalue weighted by molar-refractivity contribution is 5.88. The summed E-state index contributed by atoms with van der Waals surface area (Å²) >= 11 is 0. The number of aliphatic imine (C=N–C) groups is 1. The minimum atomic E-state index is -0.324. The number of nitrogens with two attached hydrogens (primary N) is 1. The number of pyridine rings is 1. The van der Waals surface area contributed by atoms with Gasteiger partial charge in [-0.25, -0.2) is 14.4 Å². The van der Waals surface area contributed by atoms with Crippen LogP contribution in [0.3, 0.4) is 0 Å². The number of allylic oxidation sites excluding steroid dienone is 2. The Morgan fingerprint density at radius 1 is 1.23 bits per heavy atom. The van der Waals surface area contributed by atoms with Crippen molar-refractivity contribution in [2.24, 2.45) is 10.7 Å². The Balaban J connectivity index is 0.00000117. The maximum absolute atomic E-state index is 13.6. The van der Waals surface area contributed by atoms with Crippen LogP contribution >= 0.6 is 0 Å². The second kappa shape index (κ2) is 9.29. The molecule has 0 spiro atoms. The average Bonchev–Trinajstić information content (AvgIpc) is 2.68. The molecule has 26 heavy (non-hydrogen) atoms. The fraction of sp³-hybridized carbons (Fsp3) is 0.100. The van der Waals surface area contributed by atoms with Crippen molar-refractivity contribution in [2.45, 2.75) is 6.92 Å². The molecule has 0 saturated carbocycles. The number of fused-ring (bicyclic) bond motifs is 1. The number of benzene rings is 1. The molecule has 132 valence electrons. The zero-order valence-corrected chi connectivity index (χ0v) is 14.7. The van der Waals surface area contributed by atoms with Gasteiger partial charge in [0, 0.05) is 29.5 Å². The molecule has 0 saturated heterocycles. The van der Waals surface area contributed by atoms with Crippen molar-refractivity contribution in [3.05, 3.63) is 72.1 Å². The van der Waals surface area contributed by atoms with Crippen LogP contribution in [0.4, 0.5) is 4.39 Å². The van der Waals surface area contributed by atoms with E-state index in [0.717, 1.165) is 11.1 Å². The molecular weight excluding hydrogens is 329 g/mol. The minimum absolute atomic E-state index is 0.324. The van der Waals surface area contributed by atoms with Gasteiger partial charge in [0.05, 0.1) is 11.2 Å². The fourth-order valence-corrected chi connectivity index (χ4v) is 2.27. The highest BCUT2D eigenvalue weighted by Crippen LogP contribution is 2.23. The summed E-state index contributed by atoms with van der Waals surface area (Å²) in [5.41, 5.74) is 7.53. The molecule has 1 aromatic carbocycles. The fourth-order valence-electron chi connectivity index (χ4n) is 2.27. The Kier molecular flexibility index (Phi) is 6.82. The van der Waals surface area contributed by atoms with E-state index in [1.807, 2.05) is 31.2 Å². The smallest absolute Gasteiger partial charge is 0.161 e. The van der Waals surface area contributed by atoms with Crippen molar-refractivity contribution in [2.75, 3.05) is 7.05 Å². The van der Waals surface area contributed by atoms with Crippen molar-refractivity contribution in [3.8, 4) is 11.4 Å². The van der Waals surface area contributed by atoms with E-state index in [1.54, 1.807) is 24.7 Å². The van der Waals surface area contributed by atoms with Crippen LogP contribution in [0, 0.1) is 5.82 Å². The van der Waals surface area contributed by atoms with Gasteiger partial charge in [0.2, 0.25) is 0 Å². The first-order valence-electron chi connectivity index (χ1n) is 7.93. The predicted molar refractivity (Wildman–Crippen MR) is 105 cm³/mol. The van der Waals surface area contributed by atoms with Gasteiger partial charge in [0.1, 0.15) is 5.82 Å². The second-order valence-corrected chi connectivity index (χ2v) is 5.22. The predicted octanol–water partition coefficient (Wildman–Crippen LogP) is 4.02. The number of aromatic nitrogens is 3. The molecule has 2 aromatic heterocycles. The van der Waals surface area contributed by atoms with E-state index >= 15 is 0 Å². The summed E-state index contributed by atoms with van der Waals surface area (Å²) in [5, 5.41) is 0.651. The maximum atomic E-state index is 13.6. The summed E-state index contributed by atoms with van der Waals surface area (Å²) in [6.07, 6.45) is 8.71. The molecule has 3 aromatic rings. The standard InChI is InChI=1S/C19H15FN4.CH5N/c1-13(11-21-2)5-7-17-16-10-15(20)6-8-18(16)24-19(23-17)14-4-3-9-22-12-14;1-2/h3-12H,2H2,1H3;2H2,1H3/b7-5-,13-11-;. The molecule has 0 aliphatic rings. The lowest BCUT2D eigenvalue weighted by molar-refractivity contribution is 0.629. The van der Waals surface area contributed by atoms with Crippen LogP contribution in [-0.2, 0) is 0 Å². The maximum Gasteiger partial charge on any atom is 0.161 e. The van der Waals surface area contributed by atoms with Crippen LogP contribution in [0.25, 0.3) is 28.4 Å². The molecule has 0 amide bonds. The largest absolute Gasteiger partial charge is 0.333 e. The first-order valence-corrected chi connectivity index (χ1v) is 7.93. The van der Waals surface area contributed by atoms with Crippen LogP contribution in [-0.4, -0.2) is 28.7 Å². The summed E-state index contributed by atoms with van der Waals surface area (Å²) in [5.74, 6) is 0.222. The average molecular weight is 349 g/mol. The molecule has 5 nitrogen and oxygen atoms in total. The summed E-state index contributed by atoms with van der Waals surface area (Å²) < 4.78 is 13.6. The van der Waals surface area contributed by atoms with Gasteiger partial charge in [0.15, 0.2) is 5.82 Å². The molecule has 2 heterocycles. The molecule has 0 unspecified atom stereocenters. The molecule has 6 heteroatoms. The molecular formula is C20H20FN5. The van der Waals surface area contributed by atoms with Gasteiger partial charge >= 0.3 is 0 Å². The zero-order chi connectivity index (χ0) is 18.9. The summed E-state index contributed by atoms with van der Waals surface area (Å²) in [6.45, 7) is 5.33. The Morgan fingerprint density at radius 2 is 2.04 bits per heavy atom. The first kappa shape index (κ1) is 19.1. The van der Waals surface area contributed by atoms with Crippen molar-refractivity contribution in [3.63, 3.8) is 0 Å². The normalized spacial score (nSPS) is 11.3. The quantitative estimate of drug-likeness (QED) is 0.570. The van der Waals surface area contributed by atoms with Crippen molar-refractivity contribution in [1.82, 2.24) is 15.0 Å². The third kappa shape index (κ3) is 4.64. The van der Waals surface area contributed by atoms with Crippen LogP contribution < -0.4 is 5.73 Å². The molecule has 0 atom stereocenters. The Morgan fingerprint density at radius 3 is 2.73 bits per heavy atom. The van der Waals surface area contributed by atoms with Gasteiger partial charge in [-0.05, 0) is 62.7 Å². The highest BCUT2D eigenvalue weighted by Gasteiger charge is 2.09. The van der Waals surface area contributed by atoms with E-state index in [2.05, 4.69) is 32.4 Å².